The molecule has 5 heteroatoms. The molecule has 1 aromatic rings. The van der Waals surface area contributed by atoms with Crippen molar-refractivity contribution in [3.8, 4) is 0 Å². The Bertz CT molecular complexity index is 652. The number of hydrogen-bond donors (Lipinski definition) is 0. The number of nitrogens with zero attached hydrogens (tertiary/aromatic N) is 3. The van der Waals surface area contributed by atoms with Gasteiger partial charge in [0.2, 0.25) is 11.8 Å². The van der Waals surface area contributed by atoms with Gasteiger partial charge in [-0.2, -0.15) is 0 Å². The zero-order valence-electron chi connectivity index (χ0n) is 15.0. The van der Waals surface area contributed by atoms with Gasteiger partial charge in [0.1, 0.15) is 0 Å². The molecule has 5 nitrogen and oxygen atoms in total. The van der Waals surface area contributed by atoms with Gasteiger partial charge in [-0.05, 0) is 50.4 Å². The SMILES string of the molecule is CN1CCC2(CC1)CC(=O)N(CC(=O)N1CCC1c1ccccc1)C2. The van der Waals surface area contributed by atoms with Crippen LogP contribution in [0.2, 0.25) is 0 Å². The van der Waals surface area contributed by atoms with Crippen LogP contribution in [0, 0.1) is 5.41 Å². The first-order valence-corrected chi connectivity index (χ1v) is 9.37. The van der Waals surface area contributed by atoms with E-state index in [4.69, 9.17) is 0 Å². The Morgan fingerprint density at radius 3 is 2.52 bits per heavy atom. The van der Waals surface area contributed by atoms with Crippen LogP contribution in [0.1, 0.15) is 37.3 Å². The molecule has 3 fully saturated rings. The fourth-order valence-corrected chi connectivity index (χ4v) is 4.52. The molecule has 134 valence electrons. The molecule has 2 amide bonds. The van der Waals surface area contributed by atoms with Gasteiger partial charge >= 0.3 is 0 Å². The van der Waals surface area contributed by atoms with E-state index in [0.29, 0.717) is 6.42 Å². The third-order valence-electron chi connectivity index (χ3n) is 6.30. The van der Waals surface area contributed by atoms with Crippen LogP contribution >= 0.6 is 0 Å². The predicted octanol–water partition coefficient (Wildman–Crippen LogP) is 1.90. The van der Waals surface area contributed by atoms with Crippen LogP contribution in [0.4, 0.5) is 0 Å². The largest absolute Gasteiger partial charge is 0.334 e. The van der Waals surface area contributed by atoms with E-state index < -0.39 is 0 Å². The first kappa shape index (κ1) is 16.6. The summed E-state index contributed by atoms with van der Waals surface area (Å²) in [5.41, 5.74) is 1.30. The lowest BCUT2D eigenvalue weighted by atomic mass is 9.78. The lowest BCUT2D eigenvalue weighted by molar-refractivity contribution is -0.144. The summed E-state index contributed by atoms with van der Waals surface area (Å²) in [5.74, 6) is 0.258. The zero-order valence-corrected chi connectivity index (χ0v) is 15.0. The Morgan fingerprint density at radius 2 is 1.88 bits per heavy atom. The fraction of sp³-hybridized carbons (Fsp3) is 0.600. The summed E-state index contributed by atoms with van der Waals surface area (Å²) in [6.07, 6.45) is 3.77. The lowest BCUT2D eigenvalue weighted by Gasteiger charge is -2.42. The van der Waals surface area contributed by atoms with Gasteiger partial charge < -0.3 is 14.7 Å². The quantitative estimate of drug-likeness (QED) is 0.843. The van der Waals surface area contributed by atoms with Crippen LogP contribution < -0.4 is 0 Å². The molecule has 4 rings (SSSR count). The van der Waals surface area contributed by atoms with E-state index in [0.717, 1.165) is 45.4 Å². The van der Waals surface area contributed by atoms with Crippen molar-refractivity contribution in [2.75, 3.05) is 39.8 Å². The maximum atomic E-state index is 12.8. The molecule has 0 bridgehead atoms. The molecule has 0 radical (unpaired) electrons. The number of benzene rings is 1. The molecular formula is C20H27N3O2. The summed E-state index contributed by atoms with van der Waals surface area (Å²) < 4.78 is 0. The van der Waals surface area contributed by atoms with Crippen molar-refractivity contribution in [3.05, 3.63) is 35.9 Å². The highest BCUT2D eigenvalue weighted by Gasteiger charge is 2.45. The smallest absolute Gasteiger partial charge is 0.242 e. The van der Waals surface area contributed by atoms with Crippen molar-refractivity contribution in [3.63, 3.8) is 0 Å². The van der Waals surface area contributed by atoms with Gasteiger partial charge in [0.15, 0.2) is 0 Å². The van der Waals surface area contributed by atoms with Gasteiger partial charge in [-0.3, -0.25) is 9.59 Å². The Balaban J connectivity index is 1.37. The van der Waals surface area contributed by atoms with E-state index in [9.17, 15) is 9.59 Å². The molecule has 1 aromatic carbocycles. The van der Waals surface area contributed by atoms with Crippen molar-refractivity contribution < 1.29 is 9.59 Å². The van der Waals surface area contributed by atoms with Crippen molar-refractivity contribution in [2.45, 2.75) is 31.7 Å². The molecule has 3 aliphatic heterocycles. The third-order valence-corrected chi connectivity index (χ3v) is 6.30. The molecule has 25 heavy (non-hydrogen) atoms. The van der Waals surface area contributed by atoms with Gasteiger partial charge in [-0.25, -0.2) is 0 Å². The molecule has 1 spiro atoms. The van der Waals surface area contributed by atoms with Crippen molar-refractivity contribution in [1.29, 1.82) is 0 Å². The highest BCUT2D eigenvalue weighted by Crippen LogP contribution is 2.41. The van der Waals surface area contributed by atoms with Gasteiger partial charge in [0, 0.05) is 19.5 Å². The van der Waals surface area contributed by atoms with E-state index in [1.54, 1.807) is 0 Å². The molecule has 1 atom stereocenters. The van der Waals surface area contributed by atoms with E-state index in [1.165, 1.54) is 5.56 Å². The average molecular weight is 341 g/mol. The van der Waals surface area contributed by atoms with Crippen molar-refractivity contribution >= 4 is 11.8 Å². The first-order chi connectivity index (χ1) is 12.1. The summed E-state index contributed by atoms with van der Waals surface area (Å²) in [6.45, 7) is 3.92. The van der Waals surface area contributed by atoms with E-state index in [-0.39, 0.29) is 29.8 Å². The van der Waals surface area contributed by atoms with E-state index in [2.05, 4.69) is 24.1 Å². The second-order valence-electron chi connectivity index (χ2n) is 8.03. The molecule has 3 aliphatic rings. The fourth-order valence-electron chi connectivity index (χ4n) is 4.52. The molecule has 3 heterocycles. The molecule has 3 saturated heterocycles. The standard InChI is InChI=1S/C20H27N3O2/c1-21-11-8-20(9-12-21)13-18(24)22(15-20)14-19(25)23-10-7-17(23)16-5-3-2-4-6-16/h2-6,17H,7-15H2,1H3. The predicted molar refractivity (Wildman–Crippen MR) is 95.9 cm³/mol. The second kappa shape index (κ2) is 6.45. The lowest BCUT2D eigenvalue weighted by Crippen LogP contribution is -2.49. The molecule has 0 aliphatic carbocycles. The molecule has 1 unspecified atom stereocenters. The summed E-state index contributed by atoms with van der Waals surface area (Å²) >= 11 is 0. The molecule has 0 aromatic heterocycles. The van der Waals surface area contributed by atoms with Crippen LogP contribution in [0.25, 0.3) is 0 Å². The van der Waals surface area contributed by atoms with Crippen LogP contribution in [0.15, 0.2) is 30.3 Å². The number of amides is 2. The van der Waals surface area contributed by atoms with Crippen molar-refractivity contribution in [1.82, 2.24) is 14.7 Å². The second-order valence-corrected chi connectivity index (χ2v) is 8.03. The van der Waals surface area contributed by atoms with Crippen LogP contribution in [-0.4, -0.2) is 66.3 Å². The Kier molecular flexibility index (Phi) is 4.28. The zero-order chi connectivity index (χ0) is 17.4. The monoisotopic (exact) mass is 341 g/mol. The summed E-state index contributed by atoms with van der Waals surface area (Å²) in [4.78, 5) is 31.3. The maximum absolute atomic E-state index is 12.8. The number of carbonyl (C=O) groups excluding carboxylic acids is 2. The average Bonchev–Trinajstić information content (AvgIpc) is 2.86. The number of rotatable bonds is 3. The molecular weight excluding hydrogens is 314 g/mol. The van der Waals surface area contributed by atoms with Gasteiger partial charge in [0.05, 0.1) is 12.6 Å². The minimum Gasteiger partial charge on any atom is -0.334 e. The summed E-state index contributed by atoms with van der Waals surface area (Å²) in [6, 6.07) is 10.4. The highest BCUT2D eigenvalue weighted by molar-refractivity contribution is 5.87. The normalized spacial score (nSPS) is 26.1. The third kappa shape index (κ3) is 3.17. The Labute approximate surface area is 149 Å². The Hall–Kier alpha value is -1.88. The topological polar surface area (TPSA) is 43.9 Å². The number of hydrogen-bond acceptors (Lipinski definition) is 3. The van der Waals surface area contributed by atoms with E-state index >= 15 is 0 Å². The van der Waals surface area contributed by atoms with Crippen LogP contribution in [-0.2, 0) is 9.59 Å². The van der Waals surface area contributed by atoms with E-state index in [1.807, 2.05) is 28.0 Å². The minimum absolute atomic E-state index is 0.0958. The maximum Gasteiger partial charge on any atom is 0.242 e. The summed E-state index contributed by atoms with van der Waals surface area (Å²) in [5, 5.41) is 0. The number of carbonyl (C=O) groups is 2. The van der Waals surface area contributed by atoms with Crippen LogP contribution in [0.5, 0.6) is 0 Å². The van der Waals surface area contributed by atoms with Gasteiger partial charge in [-0.1, -0.05) is 30.3 Å². The molecule has 0 N–H and O–H groups in total. The van der Waals surface area contributed by atoms with Crippen LogP contribution in [0.3, 0.4) is 0 Å². The van der Waals surface area contributed by atoms with Gasteiger partial charge in [-0.15, -0.1) is 0 Å². The first-order valence-electron chi connectivity index (χ1n) is 9.37. The minimum atomic E-state index is 0.0958. The highest BCUT2D eigenvalue weighted by atomic mass is 16.2. The number of piperidine rings is 1. The Morgan fingerprint density at radius 1 is 1.16 bits per heavy atom. The summed E-state index contributed by atoms with van der Waals surface area (Å²) in [7, 11) is 2.14. The van der Waals surface area contributed by atoms with Gasteiger partial charge in [0.25, 0.3) is 0 Å². The molecule has 0 saturated carbocycles. The number of likely N-dealkylation sites (tertiary alicyclic amines) is 3. The van der Waals surface area contributed by atoms with Crippen molar-refractivity contribution in [2.24, 2.45) is 5.41 Å².